The fourth-order valence-corrected chi connectivity index (χ4v) is 4.51. The van der Waals surface area contributed by atoms with Crippen LogP contribution in [-0.2, 0) is 4.74 Å². The number of aromatic nitrogens is 2. The summed E-state index contributed by atoms with van der Waals surface area (Å²) in [6, 6.07) is 8.15. The number of likely N-dealkylation sites (tertiary alicyclic amines) is 1. The second-order valence-electron chi connectivity index (χ2n) is 10.2. The molecule has 0 bridgehead atoms. The molecule has 1 saturated heterocycles. The van der Waals surface area contributed by atoms with E-state index in [1.807, 2.05) is 0 Å². The lowest BCUT2D eigenvalue weighted by Gasteiger charge is -2.34. The van der Waals surface area contributed by atoms with Crippen LogP contribution in [0.3, 0.4) is 0 Å². The molecule has 0 unspecified atom stereocenters. The van der Waals surface area contributed by atoms with Crippen LogP contribution in [-0.4, -0.2) is 59.6 Å². The Balaban J connectivity index is 1.66. The van der Waals surface area contributed by atoms with Gasteiger partial charge >= 0.3 is 6.09 Å². The van der Waals surface area contributed by atoms with Gasteiger partial charge in [-0.25, -0.2) is 18.3 Å². The Morgan fingerprint density at radius 2 is 1.64 bits per heavy atom. The zero-order chi connectivity index (χ0) is 28.3. The Morgan fingerprint density at radius 1 is 1.00 bits per heavy atom. The molecule has 0 saturated carbocycles. The molecule has 1 aliphatic heterocycles. The van der Waals surface area contributed by atoms with E-state index in [1.165, 1.54) is 31.2 Å². The highest BCUT2D eigenvalue weighted by Gasteiger charge is 2.32. The van der Waals surface area contributed by atoms with E-state index in [0.717, 1.165) is 12.1 Å². The first-order valence-electron chi connectivity index (χ1n) is 12.5. The van der Waals surface area contributed by atoms with Crippen molar-refractivity contribution in [2.45, 2.75) is 45.1 Å². The van der Waals surface area contributed by atoms with Gasteiger partial charge in [-0.3, -0.25) is 4.79 Å². The summed E-state index contributed by atoms with van der Waals surface area (Å²) in [6.45, 7) is 6.17. The van der Waals surface area contributed by atoms with Gasteiger partial charge in [0, 0.05) is 49.0 Å². The number of hydrogen-bond acceptors (Lipinski definition) is 6. The van der Waals surface area contributed by atoms with Crippen LogP contribution < -0.4 is 14.8 Å². The van der Waals surface area contributed by atoms with Crippen molar-refractivity contribution in [2.24, 2.45) is 0 Å². The second-order valence-corrected chi connectivity index (χ2v) is 10.2. The molecule has 0 radical (unpaired) electrons. The van der Waals surface area contributed by atoms with Gasteiger partial charge in [0.1, 0.15) is 28.6 Å². The SMILES string of the molecule is COc1cc(NC(=O)c2cnn(-c3ccc(F)cc3F)c2C2CCN(C(=O)OC(C)(C)C)CC2)cc(OC)c1. The largest absolute Gasteiger partial charge is 0.497 e. The van der Waals surface area contributed by atoms with Crippen molar-refractivity contribution in [1.82, 2.24) is 14.7 Å². The van der Waals surface area contributed by atoms with Gasteiger partial charge in [-0.1, -0.05) is 0 Å². The van der Waals surface area contributed by atoms with Crippen LogP contribution in [0.25, 0.3) is 5.69 Å². The Morgan fingerprint density at radius 3 is 2.21 bits per heavy atom. The fourth-order valence-electron chi connectivity index (χ4n) is 4.51. The molecule has 2 heterocycles. The van der Waals surface area contributed by atoms with Crippen LogP contribution in [0.1, 0.15) is 55.6 Å². The van der Waals surface area contributed by atoms with Crippen molar-refractivity contribution in [1.29, 1.82) is 0 Å². The standard InChI is InChI=1S/C28H32F2N4O5/c1-28(2,3)39-27(36)33-10-8-17(9-11-33)25-22(16-31-34(25)24-7-6-18(29)12-23(24)30)26(35)32-19-13-20(37-4)15-21(14-19)38-5/h6-7,12-17H,8-11H2,1-5H3,(H,32,35). The molecule has 0 spiro atoms. The Hall–Kier alpha value is -4.15. The number of ether oxygens (including phenoxy) is 3. The highest BCUT2D eigenvalue weighted by Crippen LogP contribution is 2.34. The van der Waals surface area contributed by atoms with Gasteiger partial charge in [0.05, 0.1) is 31.7 Å². The van der Waals surface area contributed by atoms with Crippen molar-refractivity contribution < 1.29 is 32.6 Å². The molecule has 1 fully saturated rings. The number of amides is 2. The molecule has 2 aromatic carbocycles. The highest BCUT2D eigenvalue weighted by molar-refractivity contribution is 6.05. The number of methoxy groups -OCH3 is 2. The van der Waals surface area contributed by atoms with Gasteiger partial charge in [-0.15, -0.1) is 0 Å². The number of anilines is 1. The molecule has 3 aromatic rings. The molecule has 2 amide bonds. The van der Waals surface area contributed by atoms with E-state index in [0.29, 0.717) is 48.8 Å². The zero-order valence-electron chi connectivity index (χ0n) is 22.6. The zero-order valence-corrected chi connectivity index (χ0v) is 22.6. The normalized spacial score (nSPS) is 14.2. The number of carbonyl (C=O) groups is 2. The molecule has 0 atom stereocenters. The van der Waals surface area contributed by atoms with Crippen LogP contribution >= 0.6 is 0 Å². The summed E-state index contributed by atoms with van der Waals surface area (Å²) >= 11 is 0. The van der Waals surface area contributed by atoms with Gasteiger partial charge < -0.3 is 24.4 Å². The smallest absolute Gasteiger partial charge is 0.410 e. The molecule has 11 heteroatoms. The molecule has 0 aliphatic carbocycles. The third-order valence-corrected chi connectivity index (χ3v) is 6.33. The minimum Gasteiger partial charge on any atom is -0.497 e. The summed E-state index contributed by atoms with van der Waals surface area (Å²) in [4.78, 5) is 27.7. The van der Waals surface area contributed by atoms with Crippen LogP contribution in [0.4, 0.5) is 19.3 Å². The average Bonchev–Trinajstić information content (AvgIpc) is 3.32. The lowest BCUT2D eigenvalue weighted by Crippen LogP contribution is -2.41. The van der Waals surface area contributed by atoms with E-state index in [2.05, 4.69) is 10.4 Å². The number of rotatable bonds is 6. The second kappa shape index (κ2) is 11.3. The lowest BCUT2D eigenvalue weighted by molar-refractivity contribution is 0.0203. The minimum absolute atomic E-state index is 0.0167. The maximum Gasteiger partial charge on any atom is 0.410 e. The number of hydrogen-bond donors (Lipinski definition) is 1. The quantitative estimate of drug-likeness (QED) is 0.440. The summed E-state index contributed by atoms with van der Waals surface area (Å²) in [5.41, 5.74) is 0.527. The molecule has 39 heavy (non-hydrogen) atoms. The molecular formula is C28H32F2N4O5. The highest BCUT2D eigenvalue weighted by atomic mass is 19.1. The molecule has 9 nitrogen and oxygen atoms in total. The summed E-state index contributed by atoms with van der Waals surface area (Å²) in [5.74, 6) is -1.26. The number of piperidine rings is 1. The number of benzene rings is 2. The van der Waals surface area contributed by atoms with Gasteiger partial charge in [-0.05, 0) is 45.7 Å². The Bertz CT molecular complexity index is 1340. The summed E-state index contributed by atoms with van der Waals surface area (Å²) in [5, 5.41) is 7.16. The van der Waals surface area contributed by atoms with E-state index in [9.17, 15) is 18.4 Å². The number of halogens is 2. The maximum atomic E-state index is 14.8. The maximum absolute atomic E-state index is 14.8. The Kier molecular flexibility index (Phi) is 8.08. The van der Waals surface area contributed by atoms with Crippen molar-refractivity contribution >= 4 is 17.7 Å². The van der Waals surface area contributed by atoms with E-state index < -0.39 is 29.2 Å². The van der Waals surface area contributed by atoms with Crippen molar-refractivity contribution in [2.75, 3.05) is 32.6 Å². The predicted octanol–water partition coefficient (Wildman–Crippen LogP) is 5.53. The van der Waals surface area contributed by atoms with Crippen molar-refractivity contribution in [3.05, 3.63) is 65.5 Å². The number of nitrogens with zero attached hydrogens (tertiary/aromatic N) is 3. The summed E-state index contributed by atoms with van der Waals surface area (Å²) in [6.07, 6.45) is 1.93. The van der Waals surface area contributed by atoms with Gasteiger partial charge in [0.2, 0.25) is 0 Å². The van der Waals surface area contributed by atoms with E-state index in [-0.39, 0.29) is 17.2 Å². The van der Waals surface area contributed by atoms with Crippen molar-refractivity contribution in [3.8, 4) is 17.2 Å². The van der Waals surface area contributed by atoms with E-state index in [1.54, 1.807) is 43.9 Å². The van der Waals surface area contributed by atoms with Crippen LogP contribution in [0, 0.1) is 11.6 Å². The van der Waals surface area contributed by atoms with E-state index >= 15 is 0 Å². The first-order valence-corrected chi connectivity index (χ1v) is 12.5. The predicted molar refractivity (Wildman–Crippen MR) is 141 cm³/mol. The molecule has 208 valence electrons. The van der Waals surface area contributed by atoms with Crippen LogP contribution in [0.15, 0.2) is 42.6 Å². The first kappa shape index (κ1) is 27.9. The van der Waals surface area contributed by atoms with Crippen LogP contribution in [0.2, 0.25) is 0 Å². The monoisotopic (exact) mass is 542 g/mol. The minimum atomic E-state index is -0.810. The fraction of sp³-hybridized carbons (Fsp3) is 0.393. The van der Waals surface area contributed by atoms with E-state index in [4.69, 9.17) is 14.2 Å². The molecule has 4 rings (SSSR count). The molecule has 1 N–H and O–H groups in total. The summed E-state index contributed by atoms with van der Waals surface area (Å²) < 4.78 is 45.9. The topological polar surface area (TPSA) is 94.9 Å². The van der Waals surface area contributed by atoms with Gasteiger partial charge in [0.15, 0.2) is 5.82 Å². The molecular weight excluding hydrogens is 510 g/mol. The van der Waals surface area contributed by atoms with Crippen LogP contribution in [0.5, 0.6) is 11.5 Å². The molecule has 1 aliphatic rings. The van der Waals surface area contributed by atoms with Crippen molar-refractivity contribution in [3.63, 3.8) is 0 Å². The molecule has 1 aromatic heterocycles. The third kappa shape index (κ3) is 6.47. The average molecular weight is 543 g/mol. The first-order chi connectivity index (χ1) is 18.5. The number of carbonyl (C=O) groups excluding carboxylic acids is 2. The third-order valence-electron chi connectivity index (χ3n) is 6.33. The van der Waals surface area contributed by atoms with Gasteiger partial charge in [-0.2, -0.15) is 5.10 Å². The van der Waals surface area contributed by atoms with Gasteiger partial charge in [0.25, 0.3) is 5.91 Å². The Labute approximate surface area is 225 Å². The lowest BCUT2D eigenvalue weighted by atomic mass is 9.90. The summed E-state index contributed by atoms with van der Waals surface area (Å²) in [7, 11) is 3.01. The number of nitrogens with one attached hydrogen (secondary N) is 1.